The molecule has 7 nitrogen and oxygen atoms in total. The highest BCUT2D eigenvalue weighted by molar-refractivity contribution is 7.89. The van der Waals surface area contributed by atoms with E-state index < -0.39 is 10.0 Å². The van der Waals surface area contributed by atoms with E-state index in [-0.39, 0.29) is 19.1 Å². The third-order valence-corrected chi connectivity index (χ3v) is 4.78. The lowest BCUT2D eigenvalue weighted by molar-refractivity contribution is 0.173. The van der Waals surface area contributed by atoms with E-state index in [1.807, 2.05) is 6.07 Å². The van der Waals surface area contributed by atoms with Crippen LogP contribution in [0.4, 0.5) is 0 Å². The maximum Gasteiger partial charge on any atom is 0.231 e. The third kappa shape index (κ3) is 4.59. The standard InChI is InChI=1S/C16H18N2O5S/c19-24(20,18-11-13-4-1-2-7-17-13)9-3-8-21-14-5-6-15-16(10-14)23-12-22-15/h1-2,4-7,10,18H,3,8-9,11-12H2. The number of nitrogens with one attached hydrogen (secondary N) is 1. The SMILES string of the molecule is O=S(=O)(CCCOc1ccc2c(c1)OCO2)NCc1ccccn1. The first-order valence-corrected chi connectivity index (χ1v) is 9.17. The molecule has 1 aromatic carbocycles. The predicted octanol–water partition coefficient (Wildman–Crippen LogP) is 1.70. The van der Waals surface area contributed by atoms with Crippen molar-refractivity contribution in [2.24, 2.45) is 0 Å². The maximum absolute atomic E-state index is 11.9. The van der Waals surface area contributed by atoms with Crippen LogP contribution in [0.1, 0.15) is 12.1 Å². The number of hydrogen-bond acceptors (Lipinski definition) is 6. The molecule has 0 saturated carbocycles. The molecule has 0 radical (unpaired) electrons. The lowest BCUT2D eigenvalue weighted by Crippen LogP contribution is -2.27. The first-order valence-electron chi connectivity index (χ1n) is 7.52. The van der Waals surface area contributed by atoms with Crippen molar-refractivity contribution in [2.75, 3.05) is 19.2 Å². The van der Waals surface area contributed by atoms with Gasteiger partial charge < -0.3 is 14.2 Å². The zero-order valence-electron chi connectivity index (χ0n) is 13.0. The number of sulfonamides is 1. The van der Waals surface area contributed by atoms with Crippen LogP contribution in [0.5, 0.6) is 17.2 Å². The number of nitrogens with zero attached hydrogens (tertiary/aromatic N) is 1. The van der Waals surface area contributed by atoms with E-state index in [1.54, 1.807) is 36.5 Å². The van der Waals surface area contributed by atoms with Gasteiger partial charge in [0.05, 0.1) is 24.6 Å². The molecule has 0 bridgehead atoms. The van der Waals surface area contributed by atoms with E-state index in [1.165, 1.54) is 0 Å². The highest BCUT2D eigenvalue weighted by atomic mass is 32.2. The van der Waals surface area contributed by atoms with Crippen molar-refractivity contribution in [2.45, 2.75) is 13.0 Å². The van der Waals surface area contributed by atoms with E-state index >= 15 is 0 Å². The van der Waals surface area contributed by atoms with Crippen molar-refractivity contribution in [3.8, 4) is 17.2 Å². The summed E-state index contributed by atoms with van der Waals surface area (Å²) in [6, 6.07) is 10.6. The molecule has 128 valence electrons. The molecule has 1 aromatic heterocycles. The van der Waals surface area contributed by atoms with Crippen molar-refractivity contribution in [1.29, 1.82) is 0 Å². The molecule has 8 heteroatoms. The van der Waals surface area contributed by atoms with E-state index in [0.29, 0.717) is 36.0 Å². The highest BCUT2D eigenvalue weighted by Gasteiger charge is 2.14. The zero-order valence-corrected chi connectivity index (χ0v) is 13.8. The minimum Gasteiger partial charge on any atom is -0.493 e. The van der Waals surface area contributed by atoms with Crippen LogP contribution in [0.25, 0.3) is 0 Å². The number of aromatic nitrogens is 1. The van der Waals surface area contributed by atoms with Crippen LogP contribution in [0.2, 0.25) is 0 Å². The van der Waals surface area contributed by atoms with Crippen LogP contribution in [0.3, 0.4) is 0 Å². The van der Waals surface area contributed by atoms with Gasteiger partial charge in [0.2, 0.25) is 16.8 Å². The van der Waals surface area contributed by atoms with Gasteiger partial charge in [0, 0.05) is 12.3 Å². The smallest absolute Gasteiger partial charge is 0.231 e. The molecule has 2 aromatic rings. The molecule has 24 heavy (non-hydrogen) atoms. The Hall–Kier alpha value is -2.32. The predicted molar refractivity (Wildman–Crippen MR) is 87.5 cm³/mol. The summed E-state index contributed by atoms with van der Waals surface area (Å²) in [5.41, 5.74) is 0.678. The lowest BCUT2D eigenvalue weighted by Gasteiger charge is -2.08. The molecule has 0 amide bonds. The Labute approximate surface area is 140 Å². The average Bonchev–Trinajstić information content (AvgIpc) is 3.06. The summed E-state index contributed by atoms with van der Waals surface area (Å²) in [4.78, 5) is 4.07. The normalized spacial score (nSPS) is 13.0. The van der Waals surface area contributed by atoms with Crippen LogP contribution in [0, 0.1) is 0 Å². The molecule has 3 rings (SSSR count). The van der Waals surface area contributed by atoms with Gasteiger partial charge in [-0.15, -0.1) is 0 Å². The summed E-state index contributed by atoms with van der Waals surface area (Å²) in [6.07, 6.45) is 2.01. The summed E-state index contributed by atoms with van der Waals surface area (Å²) < 4.78 is 42.4. The quantitative estimate of drug-likeness (QED) is 0.729. The number of pyridine rings is 1. The number of benzene rings is 1. The Morgan fingerprint density at radius 3 is 2.88 bits per heavy atom. The second-order valence-electron chi connectivity index (χ2n) is 5.18. The molecule has 0 fully saturated rings. The van der Waals surface area contributed by atoms with Crippen molar-refractivity contribution in [3.05, 3.63) is 48.3 Å². The number of fused-ring (bicyclic) bond motifs is 1. The monoisotopic (exact) mass is 350 g/mol. The Balaban J connectivity index is 1.40. The van der Waals surface area contributed by atoms with Crippen LogP contribution >= 0.6 is 0 Å². The molecular formula is C16H18N2O5S. The van der Waals surface area contributed by atoms with Crippen LogP contribution < -0.4 is 18.9 Å². The molecular weight excluding hydrogens is 332 g/mol. The minimum atomic E-state index is -3.36. The van der Waals surface area contributed by atoms with Gasteiger partial charge in [0.1, 0.15) is 5.75 Å². The van der Waals surface area contributed by atoms with Gasteiger partial charge >= 0.3 is 0 Å². The molecule has 2 heterocycles. The van der Waals surface area contributed by atoms with Crippen molar-refractivity contribution in [3.63, 3.8) is 0 Å². The lowest BCUT2D eigenvalue weighted by atomic mass is 10.3. The van der Waals surface area contributed by atoms with Crippen molar-refractivity contribution < 1.29 is 22.6 Å². The van der Waals surface area contributed by atoms with E-state index in [2.05, 4.69) is 9.71 Å². The van der Waals surface area contributed by atoms with Gasteiger partial charge in [-0.1, -0.05) is 6.07 Å². The number of ether oxygens (including phenoxy) is 3. The second kappa shape index (κ2) is 7.50. The van der Waals surface area contributed by atoms with E-state index in [4.69, 9.17) is 14.2 Å². The summed E-state index contributed by atoms with van der Waals surface area (Å²) >= 11 is 0. The summed E-state index contributed by atoms with van der Waals surface area (Å²) in [5, 5.41) is 0. The fourth-order valence-electron chi connectivity index (χ4n) is 2.16. The Bertz CT molecular complexity index is 780. The molecule has 0 unspecified atom stereocenters. The van der Waals surface area contributed by atoms with Crippen LogP contribution in [0.15, 0.2) is 42.6 Å². The fraction of sp³-hybridized carbons (Fsp3) is 0.312. The average molecular weight is 350 g/mol. The Kier molecular flexibility index (Phi) is 5.17. The van der Waals surface area contributed by atoms with Gasteiger partial charge in [-0.3, -0.25) is 4.98 Å². The third-order valence-electron chi connectivity index (χ3n) is 3.37. The van der Waals surface area contributed by atoms with Gasteiger partial charge in [-0.25, -0.2) is 13.1 Å². The van der Waals surface area contributed by atoms with E-state index in [0.717, 1.165) is 0 Å². The van der Waals surface area contributed by atoms with Crippen LogP contribution in [-0.4, -0.2) is 32.6 Å². The topological polar surface area (TPSA) is 86.8 Å². The molecule has 0 atom stereocenters. The maximum atomic E-state index is 11.9. The summed E-state index contributed by atoms with van der Waals surface area (Å²) in [7, 11) is -3.36. The van der Waals surface area contributed by atoms with Gasteiger partial charge in [-0.2, -0.15) is 0 Å². The van der Waals surface area contributed by atoms with Gasteiger partial charge in [-0.05, 0) is 30.7 Å². The Morgan fingerprint density at radius 1 is 1.17 bits per heavy atom. The first kappa shape index (κ1) is 16.5. The highest BCUT2D eigenvalue weighted by Crippen LogP contribution is 2.35. The largest absolute Gasteiger partial charge is 0.493 e. The molecule has 1 aliphatic heterocycles. The number of hydrogen-bond donors (Lipinski definition) is 1. The molecule has 0 aliphatic carbocycles. The first-order chi connectivity index (χ1) is 11.6. The molecule has 0 saturated heterocycles. The van der Waals surface area contributed by atoms with Crippen molar-refractivity contribution in [1.82, 2.24) is 9.71 Å². The minimum absolute atomic E-state index is 0.00954. The second-order valence-corrected chi connectivity index (χ2v) is 7.10. The number of rotatable bonds is 8. The van der Waals surface area contributed by atoms with Gasteiger partial charge in [0.15, 0.2) is 11.5 Å². The van der Waals surface area contributed by atoms with Crippen molar-refractivity contribution >= 4 is 10.0 Å². The Morgan fingerprint density at radius 2 is 2.04 bits per heavy atom. The fourth-order valence-corrected chi connectivity index (χ4v) is 3.17. The molecule has 0 spiro atoms. The summed E-state index contributed by atoms with van der Waals surface area (Å²) in [5.74, 6) is 1.93. The summed E-state index contributed by atoms with van der Waals surface area (Å²) in [6.45, 7) is 0.690. The van der Waals surface area contributed by atoms with E-state index in [9.17, 15) is 8.42 Å². The van der Waals surface area contributed by atoms with Crippen LogP contribution in [-0.2, 0) is 16.6 Å². The zero-order chi connectivity index (χ0) is 16.8. The molecule has 1 N–H and O–H groups in total. The molecule has 1 aliphatic rings. The van der Waals surface area contributed by atoms with Gasteiger partial charge in [0.25, 0.3) is 0 Å².